The van der Waals surface area contributed by atoms with Gasteiger partial charge in [-0.2, -0.15) is 12.6 Å². The molecular formula is C25H36N4O2S. The van der Waals surface area contributed by atoms with Gasteiger partial charge in [0.05, 0.1) is 11.4 Å². The number of rotatable bonds is 11. The second-order valence-corrected chi connectivity index (χ2v) is 8.95. The number of pyridine rings is 1. The number of ether oxygens (including phenoxy) is 1. The number of thiol groups is 1. The van der Waals surface area contributed by atoms with Gasteiger partial charge in [-0.05, 0) is 31.4 Å². The number of hydrogen-bond donors (Lipinski definition) is 4. The van der Waals surface area contributed by atoms with Crippen molar-refractivity contribution in [2.24, 2.45) is 11.7 Å². The quantitative estimate of drug-likeness (QED) is 0.379. The molecule has 4 N–H and O–H groups in total. The molecule has 6 nitrogen and oxygen atoms in total. The summed E-state index contributed by atoms with van der Waals surface area (Å²) in [5.74, 6) is 1.58. The van der Waals surface area contributed by atoms with Crippen LogP contribution in [0.1, 0.15) is 45.4 Å². The van der Waals surface area contributed by atoms with Crippen molar-refractivity contribution in [3.05, 3.63) is 42.5 Å². The van der Waals surface area contributed by atoms with E-state index >= 15 is 0 Å². The molecule has 1 aromatic heterocycles. The first kappa shape index (κ1) is 24.4. The Hall–Kier alpha value is -2.25. The lowest BCUT2D eigenvalue weighted by Crippen LogP contribution is -2.37. The van der Waals surface area contributed by atoms with E-state index in [0.29, 0.717) is 30.4 Å². The molecule has 2 atom stereocenters. The largest absolute Gasteiger partial charge is 0.463 e. The van der Waals surface area contributed by atoms with Crippen LogP contribution in [-0.2, 0) is 4.79 Å². The van der Waals surface area contributed by atoms with Crippen molar-refractivity contribution >= 4 is 24.2 Å². The Kier molecular flexibility index (Phi) is 9.68. The van der Waals surface area contributed by atoms with E-state index in [1.807, 2.05) is 42.5 Å². The molecule has 1 unspecified atom stereocenters. The van der Waals surface area contributed by atoms with Crippen LogP contribution in [0.3, 0.4) is 0 Å². The molecule has 1 aromatic carbocycles. The van der Waals surface area contributed by atoms with Gasteiger partial charge in [-0.1, -0.05) is 62.4 Å². The molecule has 1 heterocycles. The number of anilines is 1. The lowest BCUT2D eigenvalue weighted by molar-refractivity contribution is -0.127. The van der Waals surface area contributed by atoms with E-state index in [2.05, 4.69) is 23.3 Å². The van der Waals surface area contributed by atoms with Gasteiger partial charge in [-0.3, -0.25) is 4.79 Å². The molecule has 2 aromatic rings. The summed E-state index contributed by atoms with van der Waals surface area (Å²) in [6.07, 6.45) is 6.91. The number of nitrogens with zero attached hydrogens (tertiary/aromatic N) is 1. The van der Waals surface area contributed by atoms with Crippen LogP contribution in [-0.4, -0.2) is 41.9 Å². The van der Waals surface area contributed by atoms with E-state index in [0.717, 1.165) is 23.6 Å². The van der Waals surface area contributed by atoms with Crippen molar-refractivity contribution < 1.29 is 9.53 Å². The highest BCUT2D eigenvalue weighted by Crippen LogP contribution is 2.28. The number of nitrogens with one attached hydrogen (secondary N) is 2. The number of benzene rings is 1. The molecule has 0 saturated heterocycles. The summed E-state index contributed by atoms with van der Waals surface area (Å²) in [5.41, 5.74) is 8.48. The summed E-state index contributed by atoms with van der Waals surface area (Å²) in [6.45, 7) is 2.99. The highest BCUT2D eigenvalue weighted by molar-refractivity contribution is 7.80. The molecule has 0 radical (unpaired) electrons. The summed E-state index contributed by atoms with van der Waals surface area (Å²) in [7, 11) is 0. The Bertz CT molecular complexity index is 843. The minimum Gasteiger partial charge on any atom is -0.463 e. The lowest BCUT2D eigenvalue weighted by Gasteiger charge is -2.22. The van der Waals surface area contributed by atoms with Crippen LogP contribution in [0.15, 0.2) is 42.5 Å². The Morgan fingerprint density at radius 1 is 1.19 bits per heavy atom. The van der Waals surface area contributed by atoms with E-state index < -0.39 is 6.10 Å². The number of carbonyl (C=O) groups excluding carboxylic acids is 1. The Morgan fingerprint density at radius 2 is 1.94 bits per heavy atom. The van der Waals surface area contributed by atoms with Crippen LogP contribution in [0.2, 0.25) is 0 Å². The fourth-order valence-electron chi connectivity index (χ4n) is 3.98. The van der Waals surface area contributed by atoms with Crippen LogP contribution < -0.4 is 21.1 Å². The van der Waals surface area contributed by atoms with E-state index in [-0.39, 0.29) is 11.9 Å². The van der Waals surface area contributed by atoms with E-state index in [9.17, 15) is 4.79 Å². The molecule has 32 heavy (non-hydrogen) atoms. The molecule has 1 amide bonds. The van der Waals surface area contributed by atoms with Gasteiger partial charge in [0.15, 0.2) is 6.10 Å². The van der Waals surface area contributed by atoms with Crippen molar-refractivity contribution in [1.29, 1.82) is 0 Å². The van der Waals surface area contributed by atoms with Gasteiger partial charge in [0.1, 0.15) is 0 Å². The molecule has 1 aliphatic carbocycles. The first-order valence-corrected chi connectivity index (χ1v) is 12.3. The minimum absolute atomic E-state index is 0.0968. The fourth-order valence-corrected chi connectivity index (χ4v) is 4.11. The summed E-state index contributed by atoms with van der Waals surface area (Å²) in [6, 6.07) is 13.7. The average Bonchev–Trinajstić information content (AvgIpc) is 2.84. The van der Waals surface area contributed by atoms with Crippen molar-refractivity contribution in [2.75, 3.05) is 24.2 Å². The Morgan fingerprint density at radius 3 is 2.66 bits per heavy atom. The van der Waals surface area contributed by atoms with E-state index in [1.54, 1.807) is 6.92 Å². The highest BCUT2D eigenvalue weighted by Gasteiger charge is 2.19. The van der Waals surface area contributed by atoms with E-state index in [1.165, 1.54) is 32.1 Å². The van der Waals surface area contributed by atoms with Crippen LogP contribution in [0.25, 0.3) is 11.3 Å². The average molecular weight is 457 g/mol. The monoisotopic (exact) mass is 456 g/mol. The SMILES string of the molecule is C[C@@H](Oc1nc(-c2ccccc2)ccc1NCC(N)CS)C(=O)NCCC1CCCCC1. The number of hydrogen-bond acceptors (Lipinski definition) is 6. The van der Waals surface area contributed by atoms with Gasteiger partial charge in [-0.25, -0.2) is 4.98 Å². The number of nitrogens with two attached hydrogens (primary N) is 1. The van der Waals surface area contributed by atoms with Gasteiger partial charge in [-0.15, -0.1) is 0 Å². The van der Waals surface area contributed by atoms with Crippen molar-refractivity contribution in [3.8, 4) is 17.1 Å². The van der Waals surface area contributed by atoms with Crippen molar-refractivity contribution in [1.82, 2.24) is 10.3 Å². The third-order valence-corrected chi connectivity index (χ3v) is 6.42. The molecule has 174 valence electrons. The zero-order valence-electron chi connectivity index (χ0n) is 18.9. The molecule has 1 saturated carbocycles. The van der Waals surface area contributed by atoms with Gasteiger partial charge in [0.2, 0.25) is 5.88 Å². The molecule has 0 bridgehead atoms. The van der Waals surface area contributed by atoms with Crippen molar-refractivity contribution in [2.45, 2.75) is 57.6 Å². The van der Waals surface area contributed by atoms with Crippen LogP contribution in [0, 0.1) is 5.92 Å². The molecule has 0 spiro atoms. The highest BCUT2D eigenvalue weighted by atomic mass is 32.1. The van der Waals surface area contributed by atoms with Gasteiger partial charge in [0, 0.05) is 30.4 Å². The predicted molar refractivity (Wildman–Crippen MR) is 134 cm³/mol. The third kappa shape index (κ3) is 7.41. The van der Waals surface area contributed by atoms with Crippen LogP contribution in [0.5, 0.6) is 5.88 Å². The zero-order valence-corrected chi connectivity index (χ0v) is 19.8. The first-order valence-electron chi connectivity index (χ1n) is 11.7. The molecule has 7 heteroatoms. The van der Waals surface area contributed by atoms with Crippen LogP contribution >= 0.6 is 12.6 Å². The Balaban J connectivity index is 1.64. The molecular weight excluding hydrogens is 420 g/mol. The maximum atomic E-state index is 12.7. The van der Waals surface area contributed by atoms with Crippen molar-refractivity contribution in [3.63, 3.8) is 0 Å². The summed E-state index contributed by atoms with van der Waals surface area (Å²) < 4.78 is 6.03. The summed E-state index contributed by atoms with van der Waals surface area (Å²) >= 11 is 4.24. The molecule has 1 fully saturated rings. The fraction of sp³-hybridized carbons (Fsp3) is 0.520. The maximum Gasteiger partial charge on any atom is 0.260 e. The van der Waals surface area contributed by atoms with Crippen LogP contribution in [0.4, 0.5) is 5.69 Å². The normalized spacial score (nSPS) is 16.2. The zero-order chi connectivity index (χ0) is 22.8. The summed E-state index contributed by atoms with van der Waals surface area (Å²) in [4.78, 5) is 17.4. The standard InChI is InChI=1S/C25H36N4O2S/c1-18(24(30)27-15-14-19-8-4-2-5-9-19)31-25-23(28-16-21(26)17-32)13-12-22(29-25)20-10-6-3-7-11-20/h3,6-7,10-13,18-19,21,28,32H,2,4-5,8-9,14-17,26H2,1H3,(H,27,30)/t18-,21?/m1/s1. The van der Waals surface area contributed by atoms with E-state index in [4.69, 9.17) is 15.5 Å². The Labute approximate surface area is 197 Å². The van der Waals surface area contributed by atoms with Gasteiger partial charge in [0.25, 0.3) is 5.91 Å². The number of carbonyl (C=O) groups is 1. The molecule has 1 aliphatic rings. The minimum atomic E-state index is -0.654. The molecule has 3 rings (SSSR count). The first-order chi connectivity index (χ1) is 15.6. The lowest BCUT2D eigenvalue weighted by atomic mass is 9.87. The summed E-state index contributed by atoms with van der Waals surface area (Å²) in [5, 5.41) is 6.31. The molecule has 0 aliphatic heterocycles. The number of amides is 1. The number of aromatic nitrogens is 1. The van der Waals surface area contributed by atoms with Gasteiger partial charge < -0.3 is 21.1 Å². The smallest absolute Gasteiger partial charge is 0.260 e. The van der Waals surface area contributed by atoms with Gasteiger partial charge >= 0.3 is 0 Å². The topological polar surface area (TPSA) is 89.3 Å². The third-order valence-electron chi connectivity index (χ3n) is 5.95. The second kappa shape index (κ2) is 12.7. The second-order valence-electron chi connectivity index (χ2n) is 8.58. The predicted octanol–water partition coefficient (Wildman–Crippen LogP) is 4.27. The maximum absolute atomic E-state index is 12.7.